The maximum absolute atomic E-state index is 12.3. The van der Waals surface area contributed by atoms with Crippen molar-refractivity contribution in [3.8, 4) is 0 Å². The van der Waals surface area contributed by atoms with Gasteiger partial charge in [0.15, 0.2) is 5.58 Å². The number of rotatable bonds is 4. The van der Waals surface area contributed by atoms with Crippen molar-refractivity contribution in [2.24, 2.45) is 23.2 Å². The molecule has 0 unspecified atom stereocenters. The molecule has 1 heterocycles. The third kappa shape index (κ3) is 1.93. The molecule has 2 fully saturated rings. The van der Waals surface area contributed by atoms with Gasteiger partial charge in [0.1, 0.15) is 6.54 Å². The summed E-state index contributed by atoms with van der Waals surface area (Å²) in [5.74, 6) is 1.31. The molecule has 24 heavy (non-hydrogen) atoms. The van der Waals surface area contributed by atoms with E-state index >= 15 is 0 Å². The largest absolute Gasteiger partial charge is 0.420 e. The molecule has 0 aliphatic heterocycles. The van der Waals surface area contributed by atoms with Crippen molar-refractivity contribution >= 4 is 17.0 Å². The molecule has 3 aliphatic rings. The second-order valence-corrected chi connectivity index (χ2v) is 7.47. The Morgan fingerprint density at radius 1 is 1.29 bits per heavy atom. The molecule has 3 aliphatic carbocycles. The number of nitrogens with one attached hydrogen (secondary N) is 1. The first-order chi connectivity index (χ1) is 11.7. The third-order valence-electron chi connectivity index (χ3n) is 6.28. The molecule has 2 bridgehead atoms. The standard InChI is InChI=1S/C19H20N2O3/c22-17(11-21-15-3-1-2-4-16(15)24-18(21)23)20-10-12-9-13-5-6-14(12)19(13)7-8-19/h1-6,12-14H,7-11H2,(H,20,22)/t12-,13-,14-/m0/s1. The predicted octanol–water partition coefficient (Wildman–Crippen LogP) is 2.31. The van der Waals surface area contributed by atoms with Crippen LogP contribution in [-0.4, -0.2) is 17.0 Å². The topological polar surface area (TPSA) is 64.2 Å². The lowest BCUT2D eigenvalue weighted by molar-refractivity contribution is -0.121. The average molecular weight is 324 g/mol. The molecular weight excluding hydrogens is 304 g/mol. The summed E-state index contributed by atoms with van der Waals surface area (Å²) >= 11 is 0. The van der Waals surface area contributed by atoms with Crippen molar-refractivity contribution in [1.82, 2.24) is 9.88 Å². The van der Waals surface area contributed by atoms with E-state index in [0.717, 1.165) is 5.92 Å². The highest BCUT2D eigenvalue weighted by atomic mass is 16.4. The summed E-state index contributed by atoms with van der Waals surface area (Å²) in [6.07, 6.45) is 8.63. The molecule has 1 spiro atoms. The number of fused-ring (bicyclic) bond motifs is 1. The number of para-hydroxylation sites is 2. The Morgan fingerprint density at radius 2 is 2.12 bits per heavy atom. The number of hydrogen-bond donors (Lipinski definition) is 1. The van der Waals surface area contributed by atoms with E-state index < -0.39 is 5.76 Å². The zero-order valence-corrected chi connectivity index (χ0v) is 13.4. The molecule has 1 amide bonds. The molecule has 5 nitrogen and oxygen atoms in total. The lowest BCUT2D eigenvalue weighted by Gasteiger charge is -2.20. The Kier molecular flexibility index (Phi) is 2.84. The van der Waals surface area contributed by atoms with E-state index in [2.05, 4.69) is 17.5 Å². The van der Waals surface area contributed by atoms with Crippen LogP contribution in [0, 0.1) is 23.2 Å². The highest BCUT2D eigenvalue weighted by molar-refractivity contribution is 5.79. The van der Waals surface area contributed by atoms with Gasteiger partial charge in [-0.3, -0.25) is 9.36 Å². The van der Waals surface area contributed by atoms with E-state index in [4.69, 9.17) is 4.42 Å². The Morgan fingerprint density at radius 3 is 2.92 bits per heavy atom. The first-order valence-corrected chi connectivity index (χ1v) is 8.71. The van der Waals surface area contributed by atoms with Gasteiger partial charge in [-0.1, -0.05) is 24.3 Å². The van der Waals surface area contributed by atoms with Crippen LogP contribution in [0.25, 0.3) is 11.1 Å². The monoisotopic (exact) mass is 324 g/mol. The molecule has 0 radical (unpaired) electrons. The van der Waals surface area contributed by atoms with Crippen LogP contribution in [0.5, 0.6) is 0 Å². The van der Waals surface area contributed by atoms with Crippen molar-refractivity contribution in [3.05, 3.63) is 47.0 Å². The summed E-state index contributed by atoms with van der Waals surface area (Å²) in [4.78, 5) is 24.3. The van der Waals surface area contributed by atoms with Crippen LogP contribution in [0.4, 0.5) is 0 Å². The van der Waals surface area contributed by atoms with Gasteiger partial charge in [-0.25, -0.2) is 4.79 Å². The quantitative estimate of drug-likeness (QED) is 0.878. The number of oxazole rings is 1. The van der Waals surface area contributed by atoms with Crippen molar-refractivity contribution in [1.29, 1.82) is 0 Å². The van der Waals surface area contributed by atoms with Crippen molar-refractivity contribution in [3.63, 3.8) is 0 Å². The zero-order chi connectivity index (χ0) is 16.3. The van der Waals surface area contributed by atoms with Gasteiger partial charge in [0, 0.05) is 6.54 Å². The molecule has 124 valence electrons. The highest BCUT2D eigenvalue weighted by Crippen LogP contribution is 2.69. The summed E-state index contributed by atoms with van der Waals surface area (Å²) in [7, 11) is 0. The van der Waals surface area contributed by atoms with E-state index in [1.54, 1.807) is 12.1 Å². The molecule has 5 heteroatoms. The fraction of sp³-hybridized carbons (Fsp3) is 0.474. The lowest BCUT2D eigenvalue weighted by Crippen LogP contribution is -2.35. The van der Waals surface area contributed by atoms with E-state index in [1.165, 1.54) is 23.8 Å². The Hall–Kier alpha value is -2.30. The predicted molar refractivity (Wildman–Crippen MR) is 89.4 cm³/mol. The molecular formula is C19H20N2O3. The summed E-state index contributed by atoms with van der Waals surface area (Å²) in [6.45, 7) is 0.717. The SMILES string of the molecule is O=C(Cn1c(=O)oc2ccccc21)NC[C@@H]1C[C@@H]2C=C[C@@H]1C21CC1. The normalized spacial score (nSPS) is 28.8. The number of carbonyl (C=O) groups is 1. The molecule has 1 N–H and O–H groups in total. The van der Waals surface area contributed by atoms with Gasteiger partial charge in [0.2, 0.25) is 5.91 Å². The molecule has 3 atom stereocenters. The van der Waals surface area contributed by atoms with Crippen LogP contribution >= 0.6 is 0 Å². The maximum Gasteiger partial charge on any atom is 0.420 e. The molecule has 5 rings (SSSR count). The van der Waals surface area contributed by atoms with E-state index in [0.29, 0.717) is 34.9 Å². The average Bonchev–Trinajstić information content (AvgIpc) is 3.15. The van der Waals surface area contributed by atoms with Crippen LogP contribution in [0.15, 0.2) is 45.6 Å². The van der Waals surface area contributed by atoms with Crippen LogP contribution in [0.2, 0.25) is 0 Å². The van der Waals surface area contributed by atoms with E-state index in [-0.39, 0.29) is 12.5 Å². The summed E-state index contributed by atoms with van der Waals surface area (Å²) in [6, 6.07) is 7.18. The minimum atomic E-state index is -0.480. The van der Waals surface area contributed by atoms with E-state index in [1.807, 2.05) is 12.1 Å². The number of aromatic nitrogens is 1. The van der Waals surface area contributed by atoms with Gasteiger partial charge in [-0.2, -0.15) is 0 Å². The fourth-order valence-corrected chi connectivity index (χ4v) is 4.96. The molecule has 1 aromatic carbocycles. The van der Waals surface area contributed by atoms with Crippen LogP contribution in [0.3, 0.4) is 0 Å². The maximum atomic E-state index is 12.3. The van der Waals surface area contributed by atoms with Crippen LogP contribution in [-0.2, 0) is 11.3 Å². The van der Waals surface area contributed by atoms with Gasteiger partial charge in [0.05, 0.1) is 5.52 Å². The molecule has 2 saturated carbocycles. The Bertz CT molecular complexity index is 903. The second-order valence-electron chi connectivity index (χ2n) is 7.47. The Balaban J connectivity index is 1.26. The van der Waals surface area contributed by atoms with Gasteiger partial charge in [-0.05, 0) is 54.6 Å². The van der Waals surface area contributed by atoms with Crippen LogP contribution < -0.4 is 11.1 Å². The fourth-order valence-electron chi connectivity index (χ4n) is 4.96. The summed E-state index contributed by atoms with van der Waals surface area (Å²) in [5.41, 5.74) is 1.73. The smallest absolute Gasteiger partial charge is 0.408 e. The number of nitrogens with zero attached hydrogens (tertiary/aromatic N) is 1. The first-order valence-electron chi connectivity index (χ1n) is 8.71. The van der Waals surface area contributed by atoms with Gasteiger partial charge < -0.3 is 9.73 Å². The minimum absolute atomic E-state index is 0.0116. The van der Waals surface area contributed by atoms with Gasteiger partial charge in [-0.15, -0.1) is 0 Å². The van der Waals surface area contributed by atoms with Crippen molar-refractivity contribution in [2.75, 3.05) is 6.54 Å². The van der Waals surface area contributed by atoms with Crippen molar-refractivity contribution in [2.45, 2.75) is 25.8 Å². The number of carbonyl (C=O) groups excluding carboxylic acids is 1. The lowest BCUT2D eigenvalue weighted by atomic mass is 9.89. The van der Waals surface area contributed by atoms with Crippen molar-refractivity contribution < 1.29 is 9.21 Å². The first kappa shape index (κ1) is 14.1. The van der Waals surface area contributed by atoms with Gasteiger partial charge in [0.25, 0.3) is 0 Å². The molecule has 0 saturated heterocycles. The second kappa shape index (κ2) is 4.85. The number of allylic oxidation sites excluding steroid dienone is 2. The summed E-state index contributed by atoms with van der Waals surface area (Å²) < 4.78 is 6.57. The summed E-state index contributed by atoms with van der Waals surface area (Å²) in [5, 5.41) is 3.03. The minimum Gasteiger partial charge on any atom is -0.408 e. The third-order valence-corrected chi connectivity index (χ3v) is 6.28. The van der Waals surface area contributed by atoms with E-state index in [9.17, 15) is 9.59 Å². The number of amides is 1. The van der Waals surface area contributed by atoms with Crippen LogP contribution in [0.1, 0.15) is 19.3 Å². The number of benzene rings is 1. The zero-order valence-electron chi connectivity index (χ0n) is 13.4. The molecule has 2 aromatic rings. The van der Waals surface area contributed by atoms with Gasteiger partial charge >= 0.3 is 5.76 Å². The molecule has 1 aromatic heterocycles. The Labute approximate surface area is 139 Å². The highest BCUT2D eigenvalue weighted by Gasteiger charge is 2.62. The number of hydrogen-bond acceptors (Lipinski definition) is 3.